The third-order valence-corrected chi connectivity index (χ3v) is 4.20. The summed E-state index contributed by atoms with van der Waals surface area (Å²) in [6.07, 6.45) is 2.42. The third kappa shape index (κ3) is 3.80. The summed E-state index contributed by atoms with van der Waals surface area (Å²) in [5, 5.41) is 0.769. The summed E-state index contributed by atoms with van der Waals surface area (Å²) in [5.74, 6) is 1.20. The molecule has 1 aromatic carbocycles. The van der Waals surface area contributed by atoms with Crippen molar-refractivity contribution in [1.82, 2.24) is 0 Å². The average molecular weight is 288 g/mol. The summed E-state index contributed by atoms with van der Waals surface area (Å²) in [5.41, 5.74) is 2.24. The van der Waals surface area contributed by atoms with Crippen LogP contribution in [-0.2, 0) is 5.88 Å². The van der Waals surface area contributed by atoms with Crippen molar-refractivity contribution in [3.8, 4) is 0 Å². The SMILES string of the molecule is CCC(CC)CN(CC)c1cccc(Cl)c1CCl. The van der Waals surface area contributed by atoms with Gasteiger partial charge in [0.25, 0.3) is 0 Å². The Hall–Kier alpha value is -0.400. The van der Waals surface area contributed by atoms with Gasteiger partial charge >= 0.3 is 0 Å². The lowest BCUT2D eigenvalue weighted by Crippen LogP contribution is -2.29. The molecule has 0 aliphatic heterocycles. The molecule has 1 aromatic rings. The van der Waals surface area contributed by atoms with Gasteiger partial charge in [0.15, 0.2) is 0 Å². The Morgan fingerprint density at radius 3 is 2.33 bits per heavy atom. The van der Waals surface area contributed by atoms with E-state index in [-0.39, 0.29) is 0 Å². The van der Waals surface area contributed by atoms with Gasteiger partial charge in [-0.15, -0.1) is 11.6 Å². The maximum absolute atomic E-state index is 6.22. The number of hydrogen-bond acceptors (Lipinski definition) is 1. The van der Waals surface area contributed by atoms with Crippen LogP contribution in [0.3, 0.4) is 0 Å². The summed E-state index contributed by atoms with van der Waals surface area (Å²) in [4.78, 5) is 2.39. The maximum Gasteiger partial charge on any atom is 0.0509 e. The molecular weight excluding hydrogens is 265 g/mol. The molecule has 0 radical (unpaired) electrons. The molecule has 102 valence electrons. The Morgan fingerprint density at radius 2 is 1.83 bits per heavy atom. The van der Waals surface area contributed by atoms with Gasteiger partial charge in [0, 0.05) is 29.4 Å². The molecule has 0 saturated carbocycles. The highest BCUT2D eigenvalue weighted by Gasteiger charge is 2.15. The fourth-order valence-corrected chi connectivity index (χ4v) is 2.82. The van der Waals surface area contributed by atoms with Crippen LogP contribution < -0.4 is 4.90 Å². The minimum absolute atomic E-state index is 0.467. The minimum atomic E-state index is 0.467. The molecule has 0 aliphatic carbocycles. The van der Waals surface area contributed by atoms with Crippen LogP contribution in [0.2, 0.25) is 5.02 Å². The van der Waals surface area contributed by atoms with Gasteiger partial charge < -0.3 is 4.90 Å². The highest BCUT2D eigenvalue weighted by atomic mass is 35.5. The van der Waals surface area contributed by atoms with E-state index < -0.39 is 0 Å². The molecule has 0 aromatic heterocycles. The first kappa shape index (κ1) is 15.7. The fourth-order valence-electron chi connectivity index (χ4n) is 2.23. The van der Waals surface area contributed by atoms with E-state index in [1.54, 1.807) is 0 Å². The van der Waals surface area contributed by atoms with Crippen LogP contribution in [0.5, 0.6) is 0 Å². The Kier molecular flexibility index (Phi) is 6.88. The summed E-state index contributed by atoms with van der Waals surface area (Å²) >= 11 is 12.3. The molecule has 0 bridgehead atoms. The van der Waals surface area contributed by atoms with E-state index in [9.17, 15) is 0 Å². The summed E-state index contributed by atoms with van der Waals surface area (Å²) < 4.78 is 0. The first-order chi connectivity index (χ1) is 8.67. The quantitative estimate of drug-likeness (QED) is 0.612. The molecule has 0 aliphatic rings. The van der Waals surface area contributed by atoms with Crippen LogP contribution in [-0.4, -0.2) is 13.1 Å². The lowest BCUT2D eigenvalue weighted by atomic mass is 10.0. The first-order valence-corrected chi connectivity index (χ1v) is 7.67. The maximum atomic E-state index is 6.22. The second-order valence-electron chi connectivity index (χ2n) is 4.59. The van der Waals surface area contributed by atoms with Crippen LogP contribution in [0.1, 0.15) is 39.2 Å². The van der Waals surface area contributed by atoms with E-state index in [2.05, 4.69) is 31.7 Å². The Bertz CT molecular complexity index is 362. The molecule has 0 spiro atoms. The molecule has 1 nitrogen and oxygen atoms in total. The zero-order valence-electron chi connectivity index (χ0n) is 11.5. The lowest BCUT2D eigenvalue weighted by Gasteiger charge is -2.29. The number of rotatable bonds is 7. The van der Waals surface area contributed by atoms with Crippen molar-refractivity contribution in [3.63, 3.8) is 0 Å². The van der Waals surface area contributed by atoms with Crippen molar-refractivity contribution < 1.29 is 0 Å². The van der Waals surface area contributed by atoms with Gasteiger partial charge in [0.2, 0.25) is 0 Å². The molecule has 1 rings (SSSR count). The number of benzene rings is 1. The number of alkyl halides is 1. The molecule has 0 N–H and O–H groups in total. The lowest BCUT2D eigenvalue weighted by molar-refractivity contribution is 0.486. The number of halogens is 2. The zero-order valence-corrected chi connectivity index (χ0v) is 13.1. The molecule has 0 fully saturated rings. The molecule has 18 heavy (non-hydrogen) atoms. The van der Waals surface area contributed by atoms with Crippen LogP contribution in [0.15, 0.2) is 18.2 Å². The Labute approximate surface area is 121 Å². The van der Waals surface area contributed by atoms with Crippen molar-refractivity contribution in [2.24, 2.45) is 5.92 Å². The van der Waals surface area contributed by atoms with Crippen molar-refractivity contribution in [1.29, 1.82) is 0 Å². The number of hydrogen-bond donors (Lipinski definition) is 0. The van der Waals surface area contributed by atoms with Crippen LogP contribution in [0.25, 0.3) is 0 Å². The monoisotopic (exact) mass is 287 g/mol. The Morgan fingerprint density at radius 1 is 1.17 bits per heavy atom. The molecular formula is C15H23Cl2N. The fraction of sp³-hybridized carbons (Fsp3) is 0.600. The van der Waals surface area contributed by atoms with Gasteiger partial charge in [0.05, 0.1) is 5.88 Å². The normalized spacial score (nSPS) is 11.0. The average Bonchev–Trinajstić information content (AvgIpc) is 2.40. The summed E-state index contributed by atoms with van der Waals surface area (Å²) in [6, 6.07) is 6.03. The van der Waals surface area contributed by atoms with Gasteiger partial charge in [-0.05, 0) is 25.0 Å². The van der Waals surface area contributed by atoms with E-state index in [0.717, 1.165) is 29.6 Å². The zero-order chi connectivity index (χ0) is 13.5. The standard InChI is InChI=1S/C15H23Cl2N/c1-4-12(5-2)11-18(6-3)15-9-7-8-14(17)13(15)10-16/h7-9,12H,4-6,10-11H2,1-3H3. The van der Waals surface area contributed by atoms with Crippen molar-refractivity contribution >= 4 is 28.9 Å². The minimum Gasteiger partial charge on any atom is -0.371 e. The van der Waals surface area contributed by atoms with E-state index in [4.69, 9.17) is 23.2 Å². The summed E-state index contributed by atoms with van der Waals surface area (Å²) in [7, 11) is 0. The molecule has 0 unspecified atom stereocenters. The van der Waals surface area contributed by atoms with Crippen molar-refractivity contribution in [2.75, 3.05) is 18.0 Å². The second-order valence-corrected chi connectivity index (χ2v) is 5.27. The van der Waals surface area contributed by atoms with Crippen LogP contribution >= 0.6 is 23.2 Å². The largest absolute Gasteiger partial charge is 0.371 e. The van der Waals surface area contributed by atoms with Crippen LogP contribution in [0, 0.1) is 5.92 Å². The Balaban J connectivity index is 2.97. The molecule has 0 saturated heterocycles. The number of anilines is 1. The van der Waals surface area contributed by atoms with Gasteiger partial charge in [-0.2, -0.15) is 0 Å². The van der Waals surface area contributed by atoms with E-state index in [1.165, 1.54) is 18.5 Å². The van der Waals surface area contributed by atoms with Gasteiger partial charge in [0.1, 0.15) is 0 Å². The molecule has 0 amide bonds. The van der Waals surface area contributed by atoms with E-state index >= 15 is 0 Å². The molecule has 0 atom stereocenters. The highest BCUT2D eigenvalue weighted by Crippen LogP contribution is 2.30. The van der Waals surface area contributed by atoms with Gasteiger partial charge in [-0.25, -0.2) is 0 Å². The van der Waals surface area contributed by atoms with Crippen LogP contribution in [0.4, 0.5) is 5.69 Å². The predicted octanol–water partition coefficient (Wildman–Crippen LogP) is 5.34. The highest BCUT2D eigenvalue weighted by molar-refractivity contribution is 6.32. The number of nitrogens with zero attached hydrogens (tertiary/aromatic N) is 1. The molecule has 3 heteroatoms. The molecule has 0 heterocycles. The smallest absolute Gasteiger partial charge is 0.0509 e. The van der Waals surface area contributed by atoms with Crippen molar-refractivity contribution in [2.45, 2.75) is 39.5 Å². The third-order valence-electron chi connectivity index (χ3n) is 3.58. The first-order valence-electron chi connectivity index (χ1n) is 6.76. The van der Waals surface area contributed by atoms with E-state index in [0.29, 0.717) is 5.88 Å². The van der Waals surface area contributed by atoms with Gasteiger partial charge in [-0.3, -0.25) is 0 Å². The van der Waals surface area contributed by atoms with E-state index in [1.807, 2.05) is 12.1 Å². The second kappa shape index (κ2) is 7.91. The topological polar surface area (TPSA) is 3.24 Å². The predicted molar refractivity (Wildman–Crippen MR) is 83.0 cm³/mol. The summed E-state index contributed by atoms with van der Waals surface area (Å²) in [6.45, 7) is 8.75. The van der Waals surface area contributed by atoms with Crippen molar-refractivity contribution in [3.05, 3.63) is 28.8 Å². The van der Waals surface area contributed by atoms with Gasteiger partial charge in [-0.1, -0.05) is 44.4 Å².